The van der Waals surface area contributed by atoms with E-state index in [1.54, 1.807) is 18.2 Å². The molecule has 3 fully saturated rings. The monoisotopic (exact) mass is 728 g/mol. The smallest absolute Gasteiger partial charge is 0.343 e. The zero-order valence-corrected chi connectivity index (χ0v) is 29.4. The summed E-state index contributed by atoms with van der Waals surface area (Å²) in [6.07, 6.45) is -0.231. The van der Waals surface area contributed by atoms with Gasteiger partial charge in [0, 0.05) is 45.9 Å². The van der Waals surface area contributed by atoms with Crippen molar-refractivity contribution in [1.29, 1.82) is 0 Å². The van der Waals surface area contributed by atoms with Gasteiger partial charge in [0.05, 0.1) is 0 Å². The van der Waals surface area contributed by atoms with Crippen molar-refractivity contribution in [3.63, 3.8) is 0 Å². The second-order valence-electron chi connectivity index (χ2n) is 16.8. The molecule has 13 heteroatoms. The van der Waals surface area contributed by atoms with Crippen LogP contribution in [-0.4, -0.2) is 136 Å². The van der Waals surface area contributed by atoms with Gasteiger partial charge in [-0.2, -0.15) is 0 Å². The molecule has 2 spiro atoms. The average Bonchev–Trinajstić information content (AvgIpc) is 3.69. The van der Waals surface area contributed by atoms with Gasteiger partial charge in [0.15, 0.2) is 35.4 Å². The third kappa shape index (κ3) is 4.06. The number of piperidine rings is 2. The van der Waals surface area contributed by atoms with Crippen LogP contribution in [0.4, 0.5) is 0 Å². The van der Waals surface area contributed by atoms with E-state index in [0.717, 1.165) is 61.0 Å². The first kappa shape index (κ1) is 32.9. The summed E-state index contributed by atoms with van der Waals surface area (Å²) >= 11 is 0. The normalized spacial score (nSPS) is 45.2. The second-order valence-corrected chi connectivity index (χ2v) is 16.8. The zero-order valence-electron chi connectivity index (χ0n) is 29.4. The summed E-state index contributed by atoms with van der Waals surface area (Å²) in [5.74, 6) is 0.280. The molecule has 13 nitrogen and oxygen atoms in total. The van der Waals surface area contributed by atoms with Crippen LogP contribution in [0.1, 0.15) is 35.1 Å². The molecule has 0 radical (unpaired) electrons. The van der Waals surface area contributed by atoms with Crippen LogP contribution in [0.5, 0.6) is 23.0 Å². The molecule has 5 aliphatic heterocycles. The lowest BCUT2D eigenvalue weighted by atomic mass is 9.53. The number of aromatic hydroxyl groups is 1. The number of likely N-dealkylation sites (N-methyl/N-ethyl adjacent to an activating group) is 2. The molecular formula is C40H44N2O11. The highest BCUT2D eigenvalue weighted by molar-refractivity contribution is 5.80. The van der Waals surface area contributed by atoms with Crippen LogP contribution < -0.4 is 14.2 Å². The van der Waals surface area contributed by atoms with Gasteiger partial charge in [-0.15, -0.1) is 0 Å². The van der Waals surface area contributed by atoms with Gasteiger partial charge in [-0.3, -0.25) is 0 Å². The first-order valence-electron chi connectivity index (χ1n) is 18.9. The van der Waals surface area contributed by atoms with Crippen molar-refractivity contribution in [3.8, 4) is 23.0 Å². The van der Waals surface area contributed by atoms with E-state index in [1.807, 2.05) is 18.2 Å². The Bertz CT molecular complexity index is 1990. The second kappa shape index (κ2) is 11.0. The lowest BCUT2D eigenvalue weighted by Gasteiger charge is -2.57. The lowest BCUT2D eigenvalue weighted by Crippen LogP contribution is -2.66. The van der Waals surface area contributed by atoms with Gasteiger partial charge in [-0.05, 0) is 76.1 Å². The van der Waals surface area contributed by atoms with Crippen molar-refractivity contribution < 1.29 is 54.0 Å². The molecule has 280 valence electrons. The summed E-state index contributed by atoms with van der Waals surface area (Å²) in [5.41, 5.74) is 3.22. The fraction of sp³-hybridized carbons (Fsp3) is 0.575. The van der Waals surface area contributed by atoms with E-state index < -0.39 is 71.9 Å². The number of esters is 1. The number of hydrogen-bond acceptors (Lipinski definition) is 13. The highest BCUT2D eigenvalue weighted by Gasteiger charge is 2.66. The quantitative estimate of drug-likeness (QED) is 0.167. The Morgan fingerprint density at radius 3 is 2.11 bits per heavy atom. The molecular weight excluding hydrogens is 684 g/mol. The number of hydrogen-bond donors (Lipinski definition) is 5. The minimum Gasteiger partial charge on any atom is -0.504 e. The summed E-state index contributed by atoms with van der Waals surface area (Å²) < 4.78 is 31.4. The van der Waals surface area contributed by atoms with Gasteiger partial charge < -0.3 is 59.0 Å². The number of ether oxygens (including phenoxy) is 5. The Kier molecular flexibility index (Phi) is 6.84. The number of rotatable bonds is 4. The number of aliphatic hydroxyl groups excluding tert-OH is 4. The van der Waals surface area contributed by atoms with Crippen LogP contribution >= 0.6 is 0 Å². The van der Waals surface area contributed by atoms with Gasteiger partial charge in [0.2, 0.25) is 0 Å². The lowest BCUT2D eigenvalue weighted by molar-refractivity contribution is -0.306. The van der Waals surface area contributed by atoms with E-state index in [1.165, 1.54) is 0 Å². The molecule has 9 aliphatic rings. The molecule has 15 atom stereocenters. The first-order valence-corrected chi connectivity index (χ1v) is 18.9. The fourth-order valence-electron chi connectivity index (χ4n) is 12.1. The number of phenolic OH excluding ortho intramolecular Hbond substituents is 1. The molecule has 2 aromatic rings. The van der Waals surface area contributed by atoms with Crippen LogP contribution in [0, 0.1) is 11.8 Å². The third-order valence-corrected chi connectivity index (χ3v) is 14.6. The largest absolute Gasteiger partial charge is 0.504 e. The highest BCUT2D eigenvalue weighted by atomic mass is 16.7. The molecule has 3 saturated heterocycles. The van der Waals surface area contributed by atoms with E-state index in [0.29, 0.717) is 11.5 Å². The average molecular weight is 729 g/mol. The predicted octanol–water partition coefficient (Wildman–Crippen LogP) is 0.442. The molecule has 53 heavy (non-hydrogen) atoms. The van der Waals surface area contributed by atoms with Crippen LogP contribution in [-0.2, 0) is 37.9 Å². The number of aliphatic hydroxyl groups is 4. The maximum Gasteiger partial charge on any atom is 0.343 e. The SMILES string of the molecule is CN1CC[C@]23c4c5ccc(O)c4O[C@H]2[C@@H](OC2O[C@H](C(=O)Oc4ccc6c7c4O[C@H]4[C@@H](O)C=C[C@H]8[C@@H](C6)N(C)CC[C@@]784)[C@@H](O)[C@H](O)[C@H]2O)C=C[C@H]3[C@H]1C5. The minimum atomic E-state index is -1.82. The van der Waals surface area contributed by atoms with E-state index in [2.05, 4.69) is 36.0 Å². The van der Waals surface area contributed by atoms with Crippen molar-refractivity contribution in [1.82, 2.24) is 9.80 Å². The fourth-order valence-corrected chi connectivity index (χ4v) is 12.1. The maximum atomic E-state index is 13.9. The van der Waals surface area contributed by atoms with E-state index >= 15 is 0 Å². The molecule has 11 rings (SSSR count). The number of benzene rings is 2. The first-order chi connectivity index (χ1) is 25.5. The minimum absolute atomic E-state index is 0.0583. The van der Waals surface area contributed by atoms with E-state index in [4.69, 9.17) is 23.7 Å². The van der Waals surface area contributed by atoms with Crippen molar-refractivity contribution >= 4 is 5.97 Å². The Labute approximate surface area is 305 Å². The number of nitrogens with zero attached hydrogens (tertiary/aromatic N) is 2. The van der Waals surface area contributed by atoms with Gasteiger partial charge in [-0.1, -0.05) is 36.4 Å². The van der Waals surface area contributed by atoms with Crippen molar-refractivity contribution in [2.45, 2.75) is 104 Å². The summed E-state index contributed by atoms with van der Waals surface area (Å²) in [6, 6.07) is 7.72. The van der Waals surface area contributed by atoms with Crippen molar-refractivity contribution in [2.24, 2.45) is 11.8 Å². The Balaban J connectivity index is 0.885. The molecule has 2 aromatic carbocycles. The number of phenols is 1. The molecule has 1 unspecified atom stereocenters. The van der Waals surface area contributed by atoms with Crippen molar-refractivity contribution in [2.75, 3.05) is 27.2 Å². The molecule has 0 amide bonds. The van der Waals surface area contributed by atoms with Crippen LogP contribution in [0.3, 0.4) is 0 Å². The molecule has 0 aromatic heterocycles. The third-order valence-electron chi connectivity index (χ3n) is 14.6. The molecule has 4 bridgehead atoms. The standard InChI is InChI=1S/C40H44N2O11/c1-41-13-11-39-19-5-8-24(44)35(39)52-33-25(9-4-18(28(33)39)16-21(19)41)49-37(48)34-30(46)29(45)31(47)38(53-34)50-26-10-6-20-22-15-17-3-7-23(43)32-27(17)40(20,36(26)51-32)12-14-42(22)2/h3-10,19-22,24,26,29-31,34-36,38,43-47H,11-16H2,1-2H3/t19-,20-,21+,22+,24-,26-,29-,30-,31+,34-,35-,36-,38?,39-,40-/m0/s1. The van der Waals surface area contributed by atoms with Crippen LogP contribution in [0.2, 0.25) is 0 Å². The summed E-state index contributed by atoms with van der Waals surface area (Å²) in [7, 11) is 4.25. The van der Waals surface area contributed by atoms with Gasteiger partial charge in [0.25, 0.3) is 0 Å². The van der Waals surface area contributed by atoms with Gasteiger partial charge in [0.1, 0.15) is 42.7 Å². The van der Waals surface area contributed by atoms with Gasteiger partial charge in [-0.25, -0.2) is 4.79 Å². The Hall–Kier alpha value is -3.53. The predicted molar refractivity (Wildman–Crippen MR) is 185 cm³/mol. The molecule has 4 aliphatic carbocycles. The molecule has 0 saturated carbocycles. The molecule has 5 heterocycles. The van der Waals surface area contributed by atoms with E-state index in [-0.39, 0.29) is 35.4 Å². The van der Waals surface area contributed by atoms with E-state index in [9.17, 15) is 30.3 Å². The number of carbonyl (C=O) groups is 1. The molecule has 5 N–H and O–H groups in total. The summed E-state index contributed by atoms with van der Waals surface area (Å²) in [6.45, 7) is 1.66. The summed E-state index contributed by atoms with van der Waals surface area (Å²) in [5, 5.41) is 55.3. The van der Waals surface area contributed by atoms with Crippen molar-refractivity contribution in [3.05, 3.63) is 70.8 Å². The van der Waals surface area contributed by atoms with Crippen LogP contribution in [0.25, 0.3) is 0 Å². The highest BCUT2D eigenvalue weighted by Crippen LogP contribution is 2.64. The van der Waals surface area contributed by atoms with Gasteiger partial charge >= 0.3 is 5.97 Å². The number of likely N-dealkylation sites (tertiary alicyclic amines) is 2. The van der Waals surface area contributed by atoms with Crippen LogP contribution in [0.15, 0.2) is 48.6 Å². The number of carbonyl (C=O) groups excluding carboxylic acids is 1. The zero-order chi connectivity index (χ0) is 36.3. The summed E-state index contributed by atoms with van der Waals surface area (Å²) in [4.78, 5) is 18.7. The maximum absolute atomic E-state index is 13.9. The Morgan fingerprint density at radius 1 is 0.774 bits per heavy atom. The Morgan fingerprint density at radius 2 is 1.40 bits per heavy atom. The topological polar surface area (TPSA) is 171 Å².